The Morgan fingerprint density at radius 1 is 1.53 bits per heavy atom. The van der Waals surface area contributed by atoms with Gasteiger partial charge in [0, 0.05) is 12.6 Å². The van der Waals surface area contributed by atoms with E-state index in [9.17, 15) is 5.26 Å². The third kappa shape index (κ3) is 3.43. The van der Waals surface area contributed by atoms with E-state index in [0.717, 1.165) is 31.7 Å². The molecule has 3 atom stereocenters. The Kier molecular flexibility index (Phi) is 5.42. The molecule has 1 saturated carbocycles. The van der Waals surface area contributed by atoms with Gasteiger partial charge in [-0.1, -0.05) is 27.2 Å². The van der Waals surface area contributed by atoms with Gasteiger partial charge < -0.3 is 10.2 Å². The predicted molar refractivity (Wildman–Crippen MR) is 71.7 cm³/mol. The summed E-state index contributed by atoms with van der Waals surface area (Å²) in [5.41, 5.74) is -0.270. The van der Waals surface area contributed by atoms with Crippen LogP contribution in [0.5, 0.6) is 0 Å². The van der Waals surface area contributed by atoms with Crippen molar-refractivity contribution >= 4 is 0 Å². The second kappa shape index (κ2) is 6.37. The molecule has 0 aromatic rings. The molecule has 0 spiro atoms. The van der Waals surface area contributed by atoms with Gasteiger partial charge in [0.25, 0.3) is 0 Å². The van der Waals surface area contributed by atoms with Crippen LogP contribution in [0.2, 0.25) is 0 Å². The molecular formula is C14H27N3. The average Bonchev–Trinajstić information content (AvgIpc) is 2.80. The van der Waals surface area contributed by atoms with Gasteiger partial charge in [0.15, 0.2) is 0 Å². The minimum atomic E-state index is -0.270. The van der Waals surface area contributed by atoms with Crippen LogP contribution in [0.1, 0.15) is 46.5 Å². The highest BCUT2D eigenvalue weighted by molar-refractivity contribution is 5.12. The molecule has 0 aliphatic heterocycles. The van der Waals surface area contributed by atoms with Crippen molar-refractivity contribution in [1.82, 2.24) is 10.2 Å². The van der Waals surface area contributed by atoms with Gasteiger partial charge in [-0.05, 0) is 38.8 Å². The fourth-order valence-corrected chi connectivity index (χ4v) is 2.78. The molecule has 0 saturated heterocycles. The molecule has 3 nitrogen and oxygen atoms in total. The van der Waals surface area contributed by atoms with Gasteiger partial charge in [0.2, 0.25) is 0 Å². The van der Waals surface area contributed by atoms with E-state index in [4.69, 9.17) is 0 Å². The maximum absolute atomic E-state index is 9.29. The highest BCUT2D eigenvalue weighted by atomic mass is 15.2. The molecule has 0 aromatic carbocycles. The van der Waals surface area contributed by atoms with Gasteiger partial charge >= 0.3 is 0 Å². The minimum Gasteiger partial charge on any atom is -0.302 e. The van der Waals surface area contributed by atoms with E-state index in [1.165, 1.54) is 13.0 Å². The van der Waals surface area contributed by atoms with E-state index in [-0.39, 0.29) is 5.54 Å². The Morgan fingerprint density at radius 3 is 2.65 bits per heavy atom. The van der Waals surface area contributed by atoms with Gasteiger partial charge in [-0.25, -0.2) is 0 Å². The van der Waals surface area contributed by atoms with Crippen LogP contribution in [-0.4, -0.2) is 36.6 Å². The normalized spacial score (nSPS) is 30.5. The minimum absolute atomic E-state index is 0.270. The molecule has 98 valence electrons. The summed E-state index contributed by atoms with van der Waals surface area (Å²) in [6.45, 7) is 9.06. The summed E-state index contributed by atoms with van der Waals surface area (Å²) < 4.78 is 0. The predicted octanol–water partition coefficient (Wildman–Crippen LogP) is 2.39. The summed E-state index contributed by atoms with van der Waals surface area (Å²) >= 11 is 0. The zero-order valence-electron chi connectivity index (χ0n) is 11.8. The summed E-state index contributed by atoms with van der Waals surface area (Å²) in [6, 6.07) is 3.05. The van der Waals surface area contributed by atoms with Crippen molar-refractivity contribution in [3.05, 3.63) is 0 Å². The van der Waals surface area contributed by atoms with E-state index in [0.29, 0.717) is 6.04 Å². The maximum atomic E-state index is 9.29. The largest absolute Gasteiger partial charge is 0.302 e. The van der Waals surface area contributed by atoms with Crippen LogP contribution < -0.4 is 5.32 Å². The fraction of sp³-hybridized carbons (Fsp3) is 0.929. The summed E-state index contributed by atoms with van der Waals surface area (Å²) in [6.07, 6.45) is 4.35. The van der Waals surface area contributed by atoms with E-state index in [1.54, 1.807) is 0 Å². The Hall–Kier alpha value is -0.590. The molecule has 1 aliphatic carbocycles. The SMILES string of the molecule is CCC(C)CN(CC)C1CCC(C#N)(NC)C1. The van der Waals surface area contributed by atoms with Crippen LogP contribution in [-0.2, 0) is 0 Å². The van der Waals surface area contributed by atoms with Crippen molar-refractivity contribution in [3.63, 3.8) is 0 Å². The molecule has 0 amide bonds. The van der Waals surface area contributed by atoms with Crippen LogP contribution in [0.3, 0.4) is 0 Å². The smallest absolute Gasteiger partial charge is 0.108 e. The third-order valence-corrected chi connectivity index (χ3v) is 4.35. The lowest BCUT2D eigenvalue weighted by Crippen LogP contribution is -2.42. The molecule has 3 heteroatoms. The number of hydrogen-bond donors (Lipinski definition) is 1. The Morgan fingerprint density at radius 2 is 2.24 bits per heavy atom. The lowest BCUT2D eigenvalue weighted by Gasteiger charge is -2.31. The van der Waals surface area contributed by atoms with Crippen LogP contribution in [0.4, 0.5) is 0 Å². The van der Waals surface area contributed by atoms with Crippen LogP contribution >= 0.6 is 0 Å². The molecule has 3 unspecified atom stereocenters. The molecule has 1 N–H and O–H groups in total. The lowest BCUT2D eigenvalue weighted by molar-refractivity contribution is 0.175. The van der Waals surface area contributed by atoms with E-state index < -0.39 is 0 Å². The topological polar surface area (TPSA) is 39.1 Å². The molecule has 17 heavy (non-hydrogen) atoms. The first-order valence-corrected chi connectivity index (χ1v) is 6.95. The maximum Gasteiger partial charge on any atom is 0.108 e. The van der Waals surface area contributed by atoms with Crippen LogP contribution in [0.15, 0.2) is 0 Å². The molecule has 1 rings (SSSR count). The quantitative estimate of drug-likeness (QED) is 0.771. The summed E-state index contributed by atoms with van der Waals surface area (Å²) in [7, 11) is 1.91. The van der Waals surface area contributed by atoms with Crippen molar-refractivity contribution < 1.29 is 0 Å². The highest BCUT2D eigenvalue weighted by Gasteiger charge is 2.40. The first-order valence-electron chi connectivity index (χ1n) is 6.95. The summed E-state index contributed by atoms with van der Waals surface area (Å²) in [5, 5.41) is 12.5. The average molecular weight is 237 g/mol. The molecule has 0 radical (unpaired) electrons. The number of nitriles is 1. The highest BCUT2D eigenvalue weighted by Crippen LogP contribution is 2.32. The van der Waals surface area contributed by atoms with E-state index >= 15 is 0 Å². The first kappa shape index (κ1) is 14.5. The first-order chi connectivity index (χ1) is 8.10. The van der Waals surface area contributed by atoms with Crippen molar-refractivity contribution in [2.45, 2.75) is 58.0 Å². The Labute approximate surface area is 106 Å². The number of nitrogens with one attached hydrogen (secondary N) is 1. The van der Waals surface area contributed by atoms with Gasteiger partial charge in [-0.2, -0.15) is 5.26 Å². The molecule has 1 fully saturated rings. The number of rotatable bonds is 6. The van der Waals surface area contributed by atoms with Crippen molar-refractivity contribution in [2.75, 3.05) is 20.1 Å². The number of nitrogens with zero attached hydrogens (tertiary/aromatic N) is 2. The number of hydrogen-bond acceptors (Lipinski definition) is 3. The van der Waals surface area contributed by atoms with Gasteiger partial charge in [-0.3, -0.25) is 0 Å². The van der Waals surface area contributed by atoms with Crippen molar-refractivity contribution in [1.29, 1.82) is 5.26 Å². The van der Waals surface area contributed by atoms with Crippen molar-refractivity contribution in [2.24, 2.45) is 5.92 Å². The molecule has 0 heterocycles. The molecular weight excluding hydrogens is 210 g/mol. The van der Waals surface area contributed by atoms with E-state index in [2.05, 4.69) is 37.1 Å². The van der Waals surface area contributed by atoms with Gasteiger partial charge in [-0.15, -0.1) is 0 Å². The Bertz CT molecular complexity index is 271. The fourth-order valence-electron chi connectivity index (χ4n) is 2.78. The van der Waals surface area contributed by atoms with Crippen LogP contribution in [0, 0.1) is 17.2 Å². The van der Waals surface area contributed by atoms with Crippen molar-refractivity contribution in [3.8, 4) is 6.07 Å². The zero-order valence-corrected chi connectivity index (χ0v) is 11.8. The second-order valence-corrected chi connectivity index (χ2v) is 5.44. The van der Waals surface area contributed by atoms with E-state index in [1.807, 2.05) is 7.05 Å². The van der Waals surface area contributed by atoms with Gasteiger partial charge in [0.1, 0.15) is 5.54 Å². The lowest BCUT2D eigenvalue weighted by atomic mass is 9.99. The van der Waals surface area contributed by atoms with Crippen LogP contribution in [0.25, 0.3) is 0 Å². The molecule has 0 aromatic heterocycles. The third-order valence-electron chi connectivity index (χ3n) is 4.35. The van der Waals surface area contributed by atoms with Gasteiger partial charge in [0.05, 0.1) is 6.07 Å². The monoisotopic (exact) mass is 237 g/mol. The zero-order chi connectivity index (χ0) is 12.9. The standard InChI is InChI=1S/C14H27N3/c1-5-12(3)10-17(6-2)13-7-8-14(9-13,11-15)16-4/h12-13,16H,5-10H2,1-4H3. The second-order valence-electron chi connectivity index (χ2n) is 5.44. The summed E-state index contributed by atoms with van der Waals surface area (Å²) in [4.78, 5) is 2.56. The molecule has 1 aliphatic rings. The Balaban J connectivity index is 2.59. The summed E-state index contributed by atoms with van der Waals surface area (Å²) in [5.74, 6) is 0.752. The molecule has 0 bridgehead atoms.